The van der Waals surface area contributed by atoms with Gasteiger partial charge in [0.15, 0.2) is 0 Å². The average molecular weight is 409 g/mol. The molecule has 0 aromatic heterocycles. The number of amides is 3. The molecule has 4 rings (SSSR count). The summed E-state index contributed by atoms with van der Waals surface area (Å²) in [6.45, 7) is 3.33. The van der Waals surface area contributed by atoms with E-state index in [4.69, 9.17) is 4.74 Å². The van der Waals surface area contributed by atoms with Crippen LogP contribution < -0.4 is 21.3 Å². The molecule has 1 aromatic carbocycles. The van der Waals surface area contributed by atoms with Gasteiger partial charge in [-0.1, -0.05) is 0 Å². The maximum Gasteiger partial charge on any atom is 0.319 e. The molecule has 1 aromatic rings. The molecule has 7 nitrogen and oxygen atoms in total. The third-order valence-corrected chi connectivity index (χ3v) is 6.03. The van der Waals surface area contributed by atoms with E-state index in [0.29, 0.717) is 12.2 Å². The lowest BCUT2D eigenvalue weighted by atomic mass is 9.92. The minimum absolute atomic E-state index is 0. The van der Waals surface area contributed by atoms with E-state index in [1.54, 1.807) is 12.1 Å². The van der Waals surface area contributed by atoms with Crippen LogP contribution in [0.25, 0.3) is 0 Å². The molecule has 4 N–H and O–H groups in total. The molecule has 28 heavy (non-hydrogen) atoms. The van der Waals surface area contributed by atoms with Gasteiger partial charge in [-0.25, -0.2) is 4.79 Å². The van der Waals surface area contributed by atoms with Crippen molar-refractivity contribution < 1.29 is 14.3 Å². The van der Waals surface area contributed by atoms with Gasteiger partial charge in [-0.05, 0) is 74.9 Å². The lowest BCUT2D eigenvalue weighted by molar-refractivity contribution is -0.118. The Kier molecular flexibility index (Phi) is 6.80. The first-order valence-corrected chi connectivity index (χ1v) is 9.93. The van der Waals surface area contributed by atoms with Crippen molar-refractivity contribution in [3.05, 3.63) is 24.3 Å². The quantitative estimate of drug-likeness (QED) is 0.602. The molecule has 1 saturated carbocycles. The van der Waals surface area contributed by atoms with Gasteiger partial charge in [-0.2, -0.15) is 0 Å². The lowest BCUT2D eigenvalue weighted by Gasteiger charge is -2.23. The van der Waals surface area contributed by atoms with Gasteiger partial charge in [0, 0.05) is 30.4 Å². The second-order valence-corrected chi connectivity index (χ2v) is 7.91. The van der Waals surface area contributed by atoms with Crippen molar-refractivity contribution in [2.45, 2.75) is 38.2 Å². The van der Waals surface area contributed by atoms with Crippen LogP contribution in [0.3, 0.4) is 0 Å². The summed E-state index contributed by atoms with van der Waals surface area (Å²) in [5.74, 6) is 0.257. The predicted octanol–water partition coefficient (Wildman–Crippen LogP) is 2.74. The molecule has 2 unspecified atom stereocenters. The average Bonchev–Trinajstić information content (AvgIpc) is 3.12. The normalized spacial score (nSPS) is 24.9. The Bertz CT molecular complexity index is 685. The summed E-state index contributed by atoms with van der Waals surface area (Å²) < 4.78 is 5.49. The van der Waals surface area contributed by atoms with E-state index in [1.165, 1.54) is 0 Å². The number of carbonyl (C=O) groups is 2. The third kappa shape index (κ3) is 4.96. The van der Waals surface area contributed by atoms with Gasteiger partial charge < -0.3 is 26.0 Å². The molecule has 1 aliphatic carbocycles. The van der Waals surface area contributed by atoms with Gasteiger partial charge in [-0.3, -0.25) is 4.79 Å². The topological polar surface area (TPSA) is 91.5 Å². The van der Waals surface area contributed by atoms with Gasteiger partial charge in [0.1, 0.15) is 0 Å². The molecule has 2 atom stereocenters. The molecule has 2 heterocycles. The Labute approximate surface area is 171 Å². The number of hydrogen-bond donors (Lipinski definition) is 4. The fourth-order valence-electron chi connectivity index (χ4n) is 4.25. The van der Waals surface area contributed by atoms with Crippen LogP contribution >= 0.6 is 12.4 Å². The second-order valence-electron chi connectivity index (χ2n) is 7.91. The molecule has 3 fully saturated rings. The van der Waals surface area contributed by atoms with Crippen LogP contribution in [0.5, 0.6) is 0 Å². The van der Waals surface area contributed by atoms with E-state index in [0.717, 1.165) is 57.5 Å². The summed E-state index contributed by atoms with van der Waals surface area (Å²) >= 11 is 0. The summed E-state index contributed by atoms with van der Waals surface area (Å²) in [6.07, 6.45) is 5.36. The van der Waals surface area contributed by atoms with E-state index >= 15 is 0 Å². The number of rotatable bonds is 5. The molecule has 154 valence electrons. The number of halogens is 1. The Hall–Kier alpha value is -1.83. The maximum atomic E-state index is 12.5. The van der Waals surface area contributed by atoms with Gasteiger partial charge in [-0.15, -0.1) is 12.4 Å². The standard InChI is InChI=1S/C20H28N4O3.ClH/c25-18(17-12-20(17)7-9-21-10-8-20)23-14-3-5-15(6-4-14)24-19(26)22-13-16-2-1-11-27-16;/h3-6,16-17,21H,1-2,7-13H2,(H,23,25)(H2,22,24,26);1H. The summed E-state index contributed by atoms with van der Waals surface area (Å²) in [5, 5.41) is 12.0. The first-order valence-electron chi connectivity index (χ1n) is 9.93. The van der Waals surface area contributed by atoms with E-state index in [9.17, 15) is 9.59 Å². The van der Waals surface area contributed by atoms with Crippen LogP contribution in [0.15, 0.2) is 24.3 Å². The lowest BCUT2D eigenvalue weighted by Crippen LogP contribution is -2.35. The predicted molar refractivity (Wildman–Crippen MR) is 111 cm³/mol. The molecular formula is C20H29ClN4O3. The highest BCUT2D eigenvalue weighted by atomic mass is 35.5. The highest BCUT2D eigenvalue weighted by Gasteiger charge is 2.57. The molecular weight excluding hydrogens is 380 g/mol. The number of nitrogens with one attached hydrogen (secondary N) is 4. The van der Waals surface area contributed by atoms with Crippen LogP contribution in [0, 0.1) is 11.3 Å². The fraction of sp³-hybridized carbons (Fsp3) is 0.600. The Morgan fingerprint density at radius 2 is 1.79 bits per heavy atom. The van der Waals surface area contributed by atoms with Crippen molar-refractivity contribution in [1.82, 2.24) is 10.6 Å². The van der Waals surface area contributed by atoms with Crippen molar-refractivity contribution >= 4 is 35.7 Å². The van der Waals surface area contributed by atoms with Crippen LogP contribution in [-0.2, 0) is 9.53 Å². The first-order chi connectivity index (χ1) is 13.1. The minimum Gasteiger partial charge on any atom is -0.376 e. The summed E-state index contributed by atoms with van der Waals surface area (Å²) in [4.78, 5) is 24.4. The fourth-order valence-corrected chi connectivity index (χ4v) is 4.25. The Morgan fingerprint density at radius 3 is 2.43 bits per heavy atom. The van der Waals surface area contributed by atoms with Crippen molar-refractivity contribution in [1.29, 1.82) is 0 Å². The molecule has 0 bridgehead atoms. The van der Waals surface area contributed by atoms with E-state index in [2.05, 4.69) is 21.3 Å². The molecule has 3 amide bonds. The minimum atomic E-state index is -0.242. The Balaban J connectivity index is 0.00000225. The van der Waals surface area contributed by atoms with Crippen molar-refractivity contribution in [3.63, 3.8) is 0 Å². The van der Waals surface area contributed by atoms with Gasteiger partial charge in [0.2, 0.25) is 5.91 Å². The highest BCUT2D eigenvalue weighted by Crippen LogP contribution is 2.58. The van der Waals surface area contributed by atoms with Crippen molar-refractivity contribution in [2.75, 3.05) is 36.9 Å². The molecule has 3 aliphatic rings. The van der Waals surface area contributed by atoms with Gasteiger partial charge in [0.25, 0.3) is 0 Å². The van der Waals surface area contributed by atoms with E-state index in [1.807, 2.05) is 12.1 Å². The van der Waals surface area contributed by atoms with Crippen LogP contribution in [0.1, 0.15) is 32.1 Å². The summed E-state index contributed by atoms with van der Waals surface area (Å²) in [7, 11) is 0. The number of ether oxygens (including phenoxy) is 1. The molecule has 0 radical (unpaired) electrons. The number of benzene rings is 1. The van der Waals surface area contributed by atoms with E-state index in [-0.39, 0.29) is 41.8 Å². The third-order valence-electron chi connectivity index (χ3n) is 6.03. The summed E-state index contributed by atoms with van der Waals surface area (Å²) in [5.41, 5.74) is 1.69. The number of piperidine rings is 1. The van der Waals surface area contributed by atoms with Crippen LogP contribution in [-0.4, -0.2) is 44.3 Å². The number of hydrogen-bond acceptors (Lipinski definition) is 4. The van der Waals surface area contributed by atoms with Crippen molar-refractivity contribution in [3.8, 4) is 0 Å². The Morgan fingerprint density at radius 1 is 1.11 bits per heavy atom. The number of carbonyl (C=O) groups excluding carboxylic acids is 2. The second kappa shape index (κ2) is 9.11. The first kappa shape index (κ1) is 20.9. The van der Waals surface area contributed by atoms with E-state index < -0.39 is 0 Å². The highest BCUT2D eigenvalue weighted by molar-refractivity contribution is 5.95. The zero-order chi connectivity index (χ0) is 18.7. The van der Waals surface area contributed by atoms with Crippen molar-refractivity contribution in [2.24, 2.45) is 11.3 Å². The summed E-state index contributed by atoms with van der Waals surface area (Å²) in [6, 6.07) is 7.01. The zero-order valence-corrected chi connectivity index (χ0v) is 16.8. The smallest absolute Gasteiger partial charge is 0.319 e. The molecule has 2 saturated heterocycles. The zero-order valence-electron chi connectivity index (χ0n) is 16.0. The maximum absolute atomic E-state index is 12.5. The molecule has 1 spiro atoms. The monoisotopic (exact) mass is 408 g/mol. The van der Waals surface area contributed by atoms with Crippen LogP contribution in [0.4, 0.5) is 16.2 Å². The number of anilines is 2. The SMILES string of the molecule is Cl.O=C(NCC1CCCO1)Nc1ccc(NC(=O)C2CC23CCNCC3)cc1. The number of urea groups is 1. The molecule has 8 heteroatoms. The van der Waals surface area contributed by atoms with Gasteiger partial charge in [0.05, 0.1) is 6.10 Å². The van der Waals surface area contributed by atoms with Gasteiger partial charge >= 0.3 is 6.03 Å². The largest absolute Gasteiger partial charge is 0.376 e. The molecule has 2 aliphatic heterocycles. The van der Waals surface area contributed by atoms with Crippen LogP contribution in [0.2, 0.25) is 0 Å².